The number of rotatable bonds is 3. The van der Waals surface area contributed by atoms with E-state index in [1.54, 1.807) is 17.0 Å². The number of hydrogen-bond donors (Lipinski definition) is 2. The number of carbonyl (C=O) groups is 1. The van der Waals surface area contributed by atoms with E-state index >= 15 is 0 Å². The van der Waals surface area contributed by atoms with Gasteiger partial charge in [0.1, 0.15) is 5.75 Å². The molecule has 0 aromatic heterocycles. The van der Waals surface area contributed by atoms with Crippen molar-refractivity contribution in [3.63, 3.8) is 0 Å². The van der Waals surface area contributed by atoms with Crippen LogP contribution in [-0.2, 0) is 11.3 Å². The summed E-state index contributed by atoms with van der Waals surface area (Å²) in [4.78, 5) is 13.9. The maximum Gasteiger partial charge on any atom is 0.240 e. The minimum absolute atomic E-state index is 0.0640. The molecule has 2 N–H and O–H groups in total. The van der Waals surface area contributed by atoms with Crippen LogP contribution in [0.5, 0.6) is 5.75 Å². The number of phenols is 1. The summed E-state index contributed by atoms with van der Waals surface area (Å²) in [5.41, 5.74) is 1.02. The number of carbonyl (C=O) groups excluding carboxylic acids is 1. The average molecular weight is 266 g/mol. The van der Waals surface area contributed by atoms with Gasteiger partial charge in [-0.15, -0.1) is 0 Å². The van der Waals surface area contributed by atoms with Crippen LogP contribution in [0.25, 0.3) is 0 Å². The van der Waals surface area contributed by atoms with Gasteiger partial charge in [-0.25, -0.2) is 0 Å². The second kappa shape index (κ2) is 6.11. The first-order valence-electron chi connectivity index (χ1n) is 6.01. The van der Waals surface area contributed by atoms with E-state index in [9.17, 15) is 9.90 Å². The zero-order chi connectivity index (χ0) is 13.0. The first-order valence-corrected chi connectivity index (χ1v) is 7.16. The predicted molar refractivity (Wildman–Crippen MR) is 73.7 cm³/mol. The van der Waals surface area contributed by atoms with Crippen molar-refractivity contribution >= 4 is 17.7 Å². The lowest BCUT2D eigenvalue weighted by molar-refractivity contribution is -0.132. The molecule has 1 saturated heterocycles. The van der Waals surface area contributed by atoms with Crippen molar-refractivity contribution < 1.29 is 9.90 Å². The van der Waals surface area contributed by atoms with Crippen LogP contribution in [0.15, 0.2) is 24.3 Å². The standard InChI is InChI=1S/C13H18N2O2S/c1-15(8-10-2-4-11(16)5-3-10)13(17)12-9-18-7-6-14-12/h2-5,12,14,16H,6-9H2,1H3. The molecule has 2 rings (SSSR count). The van der Waals surface area contributed by atoms with Crippen molar-refractivity contribution in [3.8, 4) is 5.75 Å². The molecule has 18 heavy (non-hydrogen) atoms. The quantitative estimate of drug-likeness (QED) is 0.859. The minimum atomic E-state index is -0.0640. The first-order chi connectivity index (χ1) is 8.66. The van der Waals surface area contributed by atoms with Gasteiger partial charge >= 0.3 is 0 Å². The number of amides is 1. The van der Waals surface area contributed by atoms with Crippen LogP contribution in [0.1, 0.15) is 5.56 Å². The Hall–Kier alpha value is -1.20. The zero-order valence-corrected chi connectivity index (χ0v) is 11.2. The lowest BCUT2D eigenvalue weighted by Gasteiger charge is -2.27. The molecule has 1 unspecified atom stereocenters. The fourth-order valence-electron chi connectivity index (χ4n) is 1.94. The molecule has 1 aromatic rings. The van der Waals surface area contributed by atoms with Gasteiger partial charge in [-0.2, -0.15) is 11.8 Å². The number of nitrogens with zero attached hydrogens (tertiary/aromatic N) is 1. The van der Waals surface area contributed by atoms with Crippen LogP contribution >= 0.6 is 11.8 Å². The van der Waals surface area contributed by atoms with Crippen molar-refractivity contribution in [1.82, 2.24) is 10.2 Å². The monoisotopic (exact) mass is 266 g/mol. The number of phenolic OH excluding ortho intramolecular Hbond substituents is 1. The highest BCUT2D eigenvalue weighted by atomic mass is 32.2. The summed E-state index contributed by atoms with van der Waals surface area (Å²) in [5, 5.41) is 12.5. The van der Waals surface area contributed by atoms with Crippen molar-refractivity contribution in [1.29, 1.82) is 0 Å². The molecule has 0 bridgehead atoms. The van der Waals surface area contributed by atoms with Crippen LogP contribution in [0.3, 0.4) is 0 Å². The van der Waals surface area contributed by atoms with Gasteiger partial charge in [0.2, 0.25) is 5.91 Å². The number of benzene rings is 1. The van der Waals surface area contributed by atoms with E-state index in [2.05, 4.69) is 5.32 Å². The van der Waals surface area contributed by atoms with Crippen LogP contribution in [0.2, 0.25) is 0 Å². The van der Waals surface area contributed by atoms with Crippen LogP contribution < -0.4 is 5.32 Å². The normalized spacial score (nSPS) is 19.5. The molecule has 0 spiro atoms. The third-order valence-electron chi connectivity index (χ3n) is 2.95. The minimum Gasteiger partial charge on any atom is -0.508 e. The second-order valence-corrected chi connectivity index (χ2v) is 5.59. The van der Waals surface area contributed by atoms with E-state index in [1.165, 1.54) is 0 Å². The van der Waals surface area contributed by atoms with Gasteiger partial charge in [-0.3, -0.25) is 4.79 Å². The maximum atomic E-state index is 12.2. The fraction of sp³-hybridized carbons (Fsp3) is 0.462. The number of likely N-dealkylation sites (N-methyl/N-ethyl adjacent to an activating group) is 1. The topological polar surface area (TPSA) is 52.6 Å². The number of nitrogens with one attached hydrogen (secondary N) is 1. The molecule has 1 fully saturated rings. The van der Waals surface area contributed by atoms with E-state index < -0.39 is 0 Å². The molecular weight excluding hydrogens is 248 g/mol. The second-order valence-electron chi connectivity index (χ2n) is 4.44. The average Bonchev–Trinajstić information content (AvgIpc) is 2.41. The summed E-state index contributed by atoms with van der Waals surface area (Å²) in [6.07, 6.45) is 0. The largest absolute Gasteiger partial charge is 0.508 e. The summed E-state index contributed by atoms with van der Waals surface area (Å²) < 4.78 is 0. The highest BCUT2D eigenvalue weighted by molar-refractivity contribution is 7.99. The highest BCUT2D eigenvalue weighted by Crippen LogP contribution is 2.13. The molecule has 5 heteroatoms. The fourth-order valence-corrected chi connectivity index (χ4v) is 2.87. The van der Waals surface area contributed by atoms with Crippen molar-refractivity contribution in [3.05, 3.63) is 29.8 Å². The molecule has 1 amide bonds. The first kappa shape index (κ1) is 13.2. The predicted octanol–water partition coefficient (Wildman–Crippen LogP) is 1.06. The van der Waals surface area contributed by atoms with E-state index in [-0.39, 0.29) is 17.7 Å². The Morgan fingerprint density at radius 2 is 2.22 bits per heavy atom. The van der Waals surface area contributed by atoms with Crippen LogP contribution in [0.4, 0.5) is 0 Å². The zero-order valence-electron chi connectivity index (χ0n) is 10.4. The smallest absolute Gasteiger partial charge is 0.240 e. The molecule has 1 heterocycles. The molecule has 0 aliphatic carbocycles. The Kier molecular flexibility index (Phi) is 4.49. The maximum absolute atomic E-state index is 12.2. The van der Waals surface area contributed by atoms with E-state index in [1.807, 2.05) is 30.9 Å². The summed E-state index contributed by atoms with van der Waals surface area (Å²) in [6, 6.07) is 6.89. The van der Waals surface area contributed by atoms with Gasteiger partial charge in [0, 0.05) is 31.6 Å². The Bertz CT molecular complexity index is 402. The van der Waals surface area contributed by atoms with E-state index in [0.717, 1.165) is 23.6 Å². The Morgan fingerprint density at radius 3 is 2.83 bits per heavy atom. The van der Waals surface area contributed by atoms with Crippen molar-refractivity contribution in [2.75, 3.05) is 25.1 Å². The summed E-state index contributed by atoms with van der Waals surface area (Å²) in [7, 11) is 1.82. The lowest BCUT2D eigenvalue weighted by atomic mass is 10.2. The molecule has 1 aromatic carbocycles. The van der Waals surface area contributed by atoms with Crippen LogP contribution in [0, 0.1) is 0 Å². The van der Waals surface area contributed by atoms with Crippen LogP contribution in [-0.4, -0.2) is 47.1 Å². The van der Waals surface area contributed by atoms with E-state index in [4.69, 9.17) is 0 Å². The van der Waals surface area contributed by atoms with Gasteiger partial charge < -0.3 is 15.3 Å². The van der Waals surface area contributed by atoms with Crippen molar-refractivity contribution in [2.45, 2.75) is 12.6 Å². The Balaban J connectivity index is 1.92. The molecule has 1 aliphatic heterocycles. The molecular formula is C13H18N2O2S. The molecule has 4 nitrogen and oxygen atoms in total. The number of hydrogen-bond acceptors (Lipinski definition) is 4. The molecule has 0 saturated carbocycles. The third-order valence-corrected chi connectivity index (χ3v) is 4.01. The number of thioether (sulfide) groups is 1. The third kappa shape index (κ3) is 3.40. The van der Waals surface area contributed by atoms with Gasteiger partial charge in [0.25, 0.3) is 0 Å². The number of aromatic hydroxyl groups is 1. The lowest BCUT2D eigenvalue weighted by Crippen LogP contribution is -2.49. The summed E-state index contributed by atoms with van der Waals surface area (Å²) >= 11 is 1.81. The summed E-state index contributed by atoms with van der Waals surface area (Å²) in [5.74, 6) is 2.30. The Labute approximate surface area is 111 Å². The molecule has 98 valence electrons. The van der Waals surface area contributed by atoms with Crippen molar-refractivity contribution in [2.24, 2.45) is 0 Å². The SMILES string of the molecule is CN(Cc1ccc(O)cc1)C(=O)C1CSCCN1. The molecule has 0 radical (unpaired) electrons. The molecule has 1 aliphatic rings. The highest BCUT2D eigenvalue weighted by Gasteiger charge is 2.23. The summed E-state index contributed by atoms with van der Waals surface area (Å²) in [6.45, 7) is 1.47. The van der Waals surface area contributed by atoms with E-state index in [0.29, 0.717) is 6.54 Å². The van der Waals surface area contributed by atoms with Gasteiger partial charge in [-0.1, -0.05) is 12.1 Å². The molecule has 1 atom stereocenters. The van der Waals surface area contributed by atoms with Gasteiger partial charge in [0.05, 0.1) is 6.04 Å². The Morgan fingerprint density at radius 1 is 1.50 bits per heavy atom. The van der Waals surface area contributed by atoms with Gasteiger partial charge in [0.15, 0.2) is 0 Å². The van der Waals surface area contributed by atoms with Gasteiger partial charge in [-0.05, 0) is 17.7 Å².